The molecule has 286 valence electrons. The molecule has 0 bridgehead atoms. The van der Waals surface area contributed by atoms with Crippen molar-refractivity contribution in [3.63, 3.8) is 0 Å². The first-order valence-corrected chi connectivity index (χ1v) is 21.3. The quantitative estimate of drug-likeness (QED) is 0.152. The van der Waals surface area contributed by atoms with Crippen LogP contribution in [0.25, 0.3) is 58.7 Å². The number of benzene rings is 9. The van der Waals surface area contributed by atoms with Crippen molar-refractivity contribution >= 4 is 87.4 Å². The molecule has 0 aliphatic carbocycles. The summed E-state index contributed by atoms with van der Waals surface area (Å²) >= 11 is 1.86. The summed E-state index contributed by atoms with van der Waals surface area (Å²) in [5.41, 5.74) is 12.7. The van der Waals surface area contributed by atoms with E-state index in [1.54, 1.807) is 0 Å². The third-order valence-corrected chi connectivity index (χ3v) is 13.1. The molecule has 2 aromatic heterocycles. The van der Waals surface area contributed by atoms with E-state index in [0.29, 0.717) is 0 Å². The van der Waals surface area contributed by atoms with Crippen LogP contribution in [-0.4, -0.2) is 4.57 Å². The van der Waals surface area contributed by atoms with Crippen LogP contribution in [0, 0.1) is 13.8 Å². The van der Waals surface area contributed by atoms with Gasteiger partial charge in [-0.05, 0) is 114 Å². The molecular formula is C56H41N3S. The van der Waals surface area contributed by atoms with Crippen LogP contribution < -0.4 is 9.80 Å². The van der Waals surface area contributed by atoms with E-state index < -0.39 is 0 Å². The molecule has 11 rings (SSSR count). The second kappa shape index (κ2) is 14.8. The highest BCUT2D eigenvalue weighted by Crippen LogP contribution is 2.48. The van der Waals surface area contributed by atoms with Crippen molar-refractivity contribution in [3.05, 3.63) is 223 Å². The van der Waals surface area contributed by atoms with Gasteiger partial charge in [-0.2, -0.15) is 0 Å². The van der Waals surface area contributed by atoms with E-state index in [-0.39, 0.29) is 0 Å². The first-order valence-electron chi connectivity index (χ1n) is 20.5. The summed E-state index contributed by atoms with van der Waals surface area (Å²) in [4.78, 5) is 4.89. The van der Waals surface area contributed by atoms with Crippen molar-refractivity contribution in [2.75, 3.05) is 9.80 Å². The molecule has 0 fully saturated rings. The Labute approximate surface area is 354 Å². The van der Waals surface area contributed by atoms with Gasteiger partial charge < -0.3 is 4.90 Å². The van der Waals surface area contributed by atoms with Crippen LogP contribution in [-0.2, 0) is 0 Å². The number of para-hydroxylation sites is 3. The first kappa shape index (κ1) is 35.7. The molecule has 9 aromatic carbocycles. The fourth-order valence-electron chi connectivity index (χ4n) is 9.08. The maximum absolute atomic E-state index is 2.44. The zero-order valence-corrected chi connectivity index (χ0v) is 34.3. The summed E-state index contributed by atoms with van der Waals surface area (Å²) in [7, 11) is 0. The van der Waals surface area contributed by atoms with Crippen LogP contribution in [0.5, 0.6) is 0 Å². The number of hydrogen-bond acceptors (Lipinski definition) is 3. The Kier molecular flexibility index (Phi) is 8.79. The highest BCUT2D eigenvalue weighted by Gasteiger charge is 2.26. The van der Waals surface area contributed by atoms with Crippen LogP contribution in [0.3, 0.4) is 0 Å². The summed E-state index contributed by atoms with van der Waals surface area (Å²) < 4.78 is 4.98. The van der Waals surface area contributed by atoms with Crippen LogP contribution in [0.4, 0.5) is 34.3 Å². The third-order valence-electron chi connectivity index (χ3n) is 11.9. The Morgan fingerprint density at radius 2 is 1.05 bits per heavy atom. The third kappa shape index (κ3) is 5.95. The smallest absolute Gasteiger partial charge is 0.126 e. The number of hydrogen-bond donors (Lipinski definition) is 0. The maximum Gasteiger partial charge on any atom is 0.126 e. The molecule has 4 heteroatoms. The monoisotopic (exact) mass is 787 g/mol. The number of rotatable bonds is 8. The molecule has 60 heavy (non-hydrogen) atoms. The van der Waals surface area contributed by atoms with Gasteiger partial charge in [0.25, 0.3) is 0 Å². The predicted molar refractivity (Wildman–Crippen MR) is 258 cm³/mol. The van der Waals surface area contributed by atoms with Crippen molar-refractivity contribution < 1.29 is 0 Å². The average molecular weight is 788 g/mol. The molecule has 11 aromatic rings. The minimum atomic E-state index is 1.10. The maximum atomic E-state index is 2.44. The molecule has 0 N–H and O–H groups in total. The molecule has 3 nitrogen and oxygen atoms in total. The van der Waals surface area contributed by atoms with Crippen molar-refractivity contribution in [2.24, 2.45) is 0 Å². The fraction of sp³-hybridized carbons (Fsp3) is 0.0357. The number of nitrogens with zero attached hydrogens (tertiary/aromatic N) is 3. The minimum Gasteiger partial charge on any atom is -0.309 e. The van der Waals surface area contributed by atoms with E-state index in [0.717, 1.165) is 34.3 Å². The van der Waals surface area contributed by atoms with Crippen LogP contribution in [0.15, 0.2) is 212 Å². The highest BCUT2D eigenvalue weighted by atomic mass is 32.1. The van der Waals surface area contributed by atoms with E-state index in [2.05, 4.69) is 241 Å². The van der Waals surface area contributed by atoms with Gasteiger partial charge >= 0.3 is 0 Å². The lowest BCUT2D eigenvalue weighted by molar-refractivity contribution is 1.06. The van der Waals surface area contributed by atoms with Crippen molar-refractivity contribution in [1.29, 1.82) is 0 Å². The lowest BCUT2D eigenvalue weighted by Crippen LogP contribution is -2.17. The average Bonchev–Trinajstić information content (AvgIpc) is 3.83. The summed E-state index contributed by atoms with van der Waals surface area (Å²) in [6.45, 7) is 4.51. The number of fused-ring (bicyclic) bond motifs is 5. The minimum absolute atomic E-state index is 1.10. The molecule has 0 saturated carbocycles. The van der Waals surface area contributed by atoms with E-state index in [4.69, 9.17) is 0 Å². The van der Waals surface area contributed by atoms with Gasteiger partial charge in [-0.3, -0.25) is 9.47 Å². The molecule has 0 radical (unpaired) electrons. The standard InChI is InChI=1S/C56H41N3S/c1-38-37-45(35-36-51(38)58(42-19-5-3-6-20-42)56-39(2)46-23-11-13-28-52(46)59(56)43-21-7-4-8-22-43)57(53-29-16-27-50-49-25-12-14-30-54(49)60-55(50)53)44-33-31-41(32-34-44)48-26-15-18-40-17-9-10-24-47(40)48/h3-37H,1-2H3. The molecule has 0 amide bonds. The zero-order valence-electron chi connectivity index (χ0n) is 33.5. The molecule has 0 spiro atoms. The molecule has 0 unspecified atom stereocenters. The molecule has 0 aliphatic rings. The number of aryl methyl sites for hydroxylation is 2. The van der Waals surface area contributed by atoms with Crippen molar-refractivity contribution in [1.82, 2.24) is 4.57 Å². The van der Waals surface area contributed by atoms with Crippen LogP contribution in [0.2, 0.25) is 0 Å². The lowest BCUT2D eigenvalue weighted by atomic mass is 9.98. The Balaban J connectivity index is 1.10. The van der Waals surface area contributed by atoms with Crippen molar-refractivity contribution in [2.45, 2.75) is 13.8 Å². The molecule has 0 saturated heterocycles. The molecule has 2 heterocycles. The van der Waals surface area contributed by atoms with Gasteiger partial charge in [0.2, 0.25) is 0 Å². The normalized spacial score (nSPS) is 11.5. The van der Waals surface area contributed by atoms with E-state index in [1.807, 2.05) is 11.3 Å². The molecule has 0 atom stereocenters. The number of anilines is 6. The number of thiophene rings is 1. The van der Waals surface area contributed by atoms with E-state index >= 15 is 0 Å². The van der Waals surface area contributed by atoms with Gasteiger partial charge in [-0.15, -0.1) is 11.3 Å². The molecule has 0 aliphatic heterocycles. The lowest BCUT2D eigenvalue weighted by Gasteiger charge is -2.31. The molecular weight excluding hydrogens is 747 g/mol. The second-order valence-corrected chi connectivity index (χ2v) is 16.5. The summed E-state index contributed by atoms with van der Waals surface area (Å²) in [5, 5.41) is 6.31. The van der Waals surface area contributed by atoms with Crippen LogP contribution >= 0.6 is 11.3 Å². The summed E-state index contributed by atoms with van der Waals surface area (Å²) in [6.07, 6.45) is 0. The summed E-state index contributed by atoms with van der Waals surface area (Å²) in [6, 6.07) is 77.1. The van der Waals surface area contributed by atoms with Crippen LogP contribution in [0.1, 0.15) is 11.1 Å². The van der Waals surface area contributed by atoms with Gasteiger partial charge in [-0.1, -0.05) is 140 Å². The first-order chi connectivity index (χ1) is 29.6. The fourth-order valence-corrected chi connectivity index (χ4v) is 10.3. The number of aromatic nitrogens is 1. The van der Waals surface area contributed by atoms with Gasteiger partial charge in [0, 0.05) is 49.2 Å². The van der Waals surface area contributed by atoms with Gasteiger partial charge in [0.1, 0.15) is 5.82 Å². The van der Waals surface area contributed by atoms with Gasteiger partial charge in [0.05, 0.1) is 21.6 Å². The Bertz CT molecular complexity index is 3340. The second-order valence-electron chi connectivity index (χ2n) is 15.4. The Morgan fingerprint density at radius 1 is 0.433 bits per heavy atom. The largest absolute Gasteiger partial charge is 0.309 e. The predicted octanol–water partition coefficient (Wildman–Crippen LogP) is 16.4. The topological polar surface area (TPSA) is 11.4 Å². The Hall–Kier alpha value is -7.40. The van der Waals surface area contributed by atoms with Gasteiger partial charge in [-0.25, -0.2) is 0 Å². The van der Waals surface area contributed by atoms with E-state index in [9.17, 15) is 0 Å². The zero-order chi connectivity index (χ0) is 40.2. The summed E-state index contributed by atoms with van der Waals surface area (Å²) in [5.74, 6) is 1.13. The Morgan fingerprint density at radius 3 is 1.85 bits per heavy atom. The van der Waals surface area contributed by atoms with Gasteiger partial charge in [0.15, 0.2) is 0 Å². The van der Waals surface area contributed by atoms with Crippen molar-refractivity contribution in [3.8, 4) is 16.8 Å². The van der Waals surface area contributed by atoms with E-state index in [1.165, 1.54) is 69.8 Å². The SMILES string of the molecule is Cc1cc(N(c2ccc(-c3cccc4ccccc34)cc2)c2cccc3c2sc2ccccc23)ccc1N(c1ccccc1)c1c(C)c2ccccc2n1-c1ccccc1. The highest BCUT2D eigenvalue weighted by molar-refractivity contribution is 7.26.